The van der Waals surface area contributed by atoms with Gasteiger partial charge < -0.3 is 9.47 Å². The third-order valence-corrected chi connectivity index (χ3v) is 2.60. The van der Waals surface area contributed by atoms with Crippen LogP contribution in [0, 0.1) is 17.0 Å². The highest BCUT2D eigenvalue weighted by molar-refractivity contribution is 5.75. The summed E-state index contributed by atoms with van der Waals surface area (Å²) in [7, 11) is 0. The van der Waals surface area contributed by atoms with Crippen molar-refractivity contribution < 1.29 is 24.0 Å². The average molecular weight is 294 g/mol. The van der Waals surface area contributed by atoms with Gasteiger partial charge in [0, 0.05) is 11.3 Å². The summed E-state index contributed by atoms with van der Waals surface area (Å²) >= 11 is 0. The summed E-state index contributed by atoms with van der Waals surface area (Å²) in [6.45, 7) is 5.06. The molecule has 0 N–H and O–H groups in total. The molecule has 0 heterocycles. The quantitative estimate of drug-likeness (QED) is 0.328. The van der Waals surface area contributed by atoms with Gasteiger partial charge in [0.2, 0.25) is 0 Å². The van der Waals surface area contributed by atoms with Crippen LogP contribution in [0.3, 0.4) is 0 Å². The molecule has 0 saturated carbocycles. The van der Waals surface area contributed by atoms with E-state index in [9.17, 15) is 19.7 Å². The summed E-state index contributed by atoms with van der Waals surface area (Å²) in [5, 5.41) is 10.9. The highest BCUT2D eigenvalue weighted by Crippen LogP contribution is 2.15. The van der Waals surface area contributed by atoms with Gasteiger partial charge in [-0.3, -0.25) is 14.9 Å². The molecule has 1 aromatic rings. The fourth-order valence-electron chi connectivity index (χ4n) is 1.58. The maximum atomic E-state index is 11.5. The lowest BCUT2D eigenvalue weighted by atomic mass is 10.1. The zero-order chi connectivity index (χ0) is 15.8. The van der Waals surface area contributed by atoms with E-state index in [0.29, 0.717) is 11.3 Å². The molecule has 1 aromatic carbocycles. The molecular formula is C14H16NO6. The van der Waals surface area contributed by atoms with Crippen molar-refractivity contribution in [1.82, 2.24) is 0 Å². The van der Waals surface area contributed by atoms with Gasteiger partial charge in [-0.1, -0.05) is 12.1 Å². The second kappa shape index (κ2) is 7.98. The van der Waals surface area contributed by atoms with E-state index in [-0.39, 0.29) is 19.4 Å². The molecule has 0 fully saturated rings. The van der Waals surface area contributed by atoms with Gasteiger partial charge in [-0.05, 0) is 31.5 Å². The lowest BCUT2D eigenvalue weighted by Gasteiger charge is -2.09. The normalized spacial score (nSPS) is 11.5. The number of hydrogen-bond acceptors (Lipinski definition) is 6. The SMILES string of the molecule is [CH2]CC(=O)Oc1ccc(CC(C(=O)OCC)[N+](=O)[O-])cc1. The zero-order valence-electron chi connectivity index (χ0n) is 11.6. The van der Waals surface area contributed by atoms with E-state index in [1.165, 1.54) is 12.1 Å². The molecule has 1 atom stereocenters. The van der Waals surface area contributed by atoms with Crippen molar-refractivity contribution in [3.05, 3.63) is 46.9 Å². The van der Waals surface area contributed by atoms with Crippen LogP contribution in [0.15, 0.2) is 24.3 Å². The van der Waals surface area contributed by atoms with Crippen LogP contribution in [0.1, 0.15) is 18.9 Å². The lowest BCUT2D eigenvalue weighted by molar-refractivity contribution is -0.510. The number of nitrogens with zero attached hydrogens (tertiary/aromatic N) is 1. The Balaban J connectivity index is 2.74. The first-order chi connectivity index (χ1) is 9.97. The zero-order valence-corrected chi connectivity index (χ0v) is 11.6. The minimum absolute atomic E-state index is 0.00794. The largest absolute Gasteiger partial charge is 0.461 e. The molecule has 0 aliphatic rings. The van der Waals surface area contributed by atoms with E-state index < -0.39 is 22.9 Å². The Bertz CT molecular complexity index is 511. The van der Waals surface area contributed by atoms with Crippen molar-refractivity contribution in [2.45, 2.75) is 25.8 Å². The fraction of sp³-hybridized carbons (Fsp3) is 0.357. The summed E-state index contributed by atoms with van der Waals surface area (Å²) in [5.41, 5.74) is 0.569. The number of ether oxygens (including phenoxy) is 2. The predicted octanol–water partition coefficient (Wildman–Crippen LogP) is 1.57. The van der Waals surface area contributed by atoms with Gasteiger partial charge >= 0.3 is 18.0 Å². The van der Waals surface area contributed by atoms with Gasteiger partial charge in [-0.25, -0.2) is 4.79 Å². The molecule has 21 heavy (non-hydrogen) atoms. The summed E-state index contributed by atoms with van der Waals surface area (Å²) in [4.78, 5) is 32.8. The van der Waals surface area contributed by atoms with Gasteiger partial charge in [-0.15, -0.1) is 0 Å². The summed E-state index contributed by atoms with van der Waals surface area (Å²) < 4.78 is 9.60. The smallest absolute Gasteiger partial charge is 0.382 e. The molecule has 0 bridgehead atoms. The molecule has 0 aromatic heterocycles. The maximum Gasteiger partial charge on any atom is 0.382 e. The van der Waals surface area contributed by atoms with Crippen molar-refractivity contribution >= 4 is 11.9 Å². The van der Waals surface area contributed by atoms with Gasteiger partial charge in [0.15, 0.2) is 0 Å². The molecule has 0 spiro atoms. The van der Waals surface area contributed by atoms with E-state index in [2.05, 4.69) is 11.7 Å². The van der Waals surface area contributed by atoms with Crippen LogP contribution in [0.25, 0.3) is 0 Å². The number of benzene rings is 1. The predicted molar refractivity (Wildman–Crippen MR) is 73.2 cm³/mol. The summed E-state index contributed by atoms with van der Waals surface area (Å²) in [6.07, 6.45) is -0.0800. The van der Waals surface area contributed by atoms with Crippen molar-refractivity contribution in [2.24, 2.45) is 0 Å². The van der Waals surface area contributed by atoms with E-state index >= 15 is 0 Å². The molecule has 0 amide bonds. The molecule has 7 heteroatoms. The van der Waals surface area contributed by atoms with E-state index in [1.54, 1.807) is 19.1 Å². The molecular weight excluding hydrogens is 278 g/mol. The number of rotatable bonds is 7. The summed E-state index contributed by atoms with van der Waals surface area (Å²) in [6, 6.07) is 4.68. The van der Waals surface area contributed by atoms with Gasteiger partial charge in [0.25, 0.3) is 0 Å². The Kier molecular flexibility index (Phi) is 6.32. The number of carbonyl (C=O) groups is 2. The first-order valence-electron chi connectivity index (χ1n) is 6.37. The molecule has 0 saturated heterocycles. The van der Waals surface area contributed by atoms with E-state index in [4.69, 9.17) is 4.74 Å². The van der Waals surface area contributed by atoms with Crippen LogP contribution in [0.2, 0.25) is 0 Å². The van der Waals surface area contributed by atoms with E-state index in [0.717, 1.165) is 0 Å². The lowest BCUT2D eigenvalue weighted by Crippen LogP contribution is -2.33. The van der Waals surface area contributed by atoms with Crippen molar-refractivity contribution in [1.29, 1.82) is 0 Å². The molecule has 7 nitrogen and oxygen atoms in total. The van der Waals surface area contributed by atoms with Gasteiger partial charge in [0.1, 0.15) is 5.75 Å². The van der Waals surface area contributed by atoms with Gasteiger partial charge in [0.05, 0.1) is 13.0 Å². The van der Waals surface area contributed by atoms with Crippen LogP contribution >= 0.6 is 0 Å². The van der Waals surface area contributed by atoms with Crippen LogP contribution in [0.5, 0.6) is 5.75 Å². The van der Waals surface area contributed by atoms with Crippen molar-refractivity contribution in [3.63, 3.8) is 0 Å². The van der Waals surface area contributed by atoms with Crippen LogP contribution in [-0.4, -0.2) is 29.5 Å². The van der Waals surface area contributed by atoms with Crippen molar-refractivity contribution in [3.8, 4) is 5.75 Å². The minimum Gasteiger partial charge on any atom is -0.461 e. The Morgan fingerprint density at radius 1 is 1.33 bits per heavy atom. The van der Waals surface area contributed by atoms with Crippen LogP contribution < -0.4 is 4.74 Å². The Morgan fingerprint density at radius 2 is 1.95 bits per heavy atom. The monoisotopic (exact) mass is 294 g/mol. The topological polar surface area (TPSA) is 95.7 Å². The summed E-state index contributed by atoms with van der Waals surface area (Å²) in [5.74, 6) is -1.02. The number of carbonyl (C=O) groups excluding carboxylic acids is 2. The maximum absolute atomic E-state index is 11.5. The van der Waals surface area contributed by atoms with Crippen LogP contribution in [0.4, 0.5) is 0 Å². The molecule has 0 aliphatic heterocycles. The highest BCUT2D eigenvalue weighted by Gasteiger charge is 2.31. The second-order valence-corrected chi connectivity index (χ2v) is 4.13. The highest BCUT2D eigenvalue weighted by atomic mass is 16.6. The number of hydrogen-bond donors (Lipinski definition) is 0. The number of nitro groups is 1. The van der Waals surface area contributed by atoms with Crippen molar-refractivity contribution in [2.75, 3.05) is 6.61 Å². The minimum atomic E-state index is -1.45. The Morgan fingerprint density at radius 3 is 2.43 bits per heavy atom. The average Bonchev–Trinajstić information content (AvgIpc) is 2.46. The Labute approximate surface area is 122 Å². The van der Waals surface area contributed by atoms with Crippen LogP contribution in [-0.2, 0) is 20.7 Å². The first-order valence-corrected chi connectivity index (χ1v) is 6.37. The first kappa shape index (κ1) is 16.6. The second-order valence-electron chi connectivity index (χ2n) is 4.13. The third kappa shape index (κ3) is 5.21. The fourth-order valence-corrected chi connectivity index (χ4v) is 1.58. The molecule has 0 aliphatic carbocycles. The Hall–Kier alpha value is -2.44. The van der Waals surface area contributed by atoms with E-state index in [1.807, 2.05) is 0 Å². The molecule has 1 rings (SSSR count). The molecule has 1 radical (unpaired) electrons. The van der Waals surface area contributed by atoms with Gasteiger partial charge in [-0.2, -0.15) is 0 Å². The molecule has 1 unspecified atom stereocenters. The third-order valence-electron chi connectivity index (χ3n) is 2.60. The molecule has 113 valence electrons. The number of esters is 2. The standard InChI is InChI=1S/C14H16NO6/c1-3-13(16)21-11-7-5-10(6-8-11)9-12(15(18)19)14(17)20-4-2/h5-8,12H,1,3-4,9H2,2H3.